The Kier molecular flexibility index (Phi) is 3.98. The maximum absolute atomic E-state index is 11.7. The fourth-order valence-corrected chi connectivity index (χ4v) is 2.12. The number of amides is 2. The van der Waals surface area contributed by atoms with Crippen molar-refractivity contribution in [2.45, 2.75) is 38.3 Å². The van der Waals surface area contributed by atoms with Gasteiger partial charge < -0.3 is 15.7 Å². The van der Waals surface area contributed by atoms with Gasteiger partial charge in [0.1, 0.15) is 0 Å². The fraction of sp³-hybridized carbons (Fsp3) is 0.462. The molecular weight excluding hydrogens is 216 g/mol. The van der Waals surface area contributed by atoms with Gasteiger partial charge in [-0.3, -0.25) is 0 Å². The first-order valence-electron chi connectivity index (χ1n) is 6.05. The second-order valence-corrected chi connectivity index (χ2v) is 4.43. The third-order valence-electron chi connectivity index (χ3n) is 3.08. The number of nitrogens with one attached hydrogen (secondary N) is 2. The summed E-state index contributed by atoms with van der Waals surface area (Å²) in [5.74, 6) is 0. The molecule has 0 unspecified atom stereocenters. The zero-order valence-corrected chi connectivity index (χ0v) is 9.78. The first kappa shape index (κ1) is 11.9. The maximum atomic E-state index is 11.7. The van der Waals surface area contributed by atoms with Gasteiger partial charge in [-0.1, -0.05) is 25.0 Å². The van der Waals surface area contributed by atoms with Gasteiger partial charge in [0.2, 0.25) is 0 Å². The van der Waals surface area contributed by atoms with E-state index in [2.05, 4.69) is 10.6 Å². The normalized spacial score (nSPS) is 15.8. The largest absolute Gasteiger partial charge is 0.392 e. The van der Waals surface area contributed by atoms with Gasteiger partial charge in [-0.05, 0) is 30.5 Å². The minimum absolute atomic E-state index is 0.0224. The van der Waals surface area contributed by atoms with Crippen molar-refractivity contribution < 1.29 is 9.90 Å². The first-order chi connectivity index (χ1) is 8.28. The van der Waals surface area contributed by atoms with E-state index >= 15 is 0 Å². The van der Waals surface area contributed by atoms with E-state index in [1.54, 1.807) is 24.3 Å². The number of carbonyl (C=O) groups is 1. The molecule has 2 rings (SSSR count). The Hall–Kier alpha value is -1.55. The van der Waals surface area contributed by atoms with Crippen LogP contribution in [0.4, 0.5) is 10.5 Å². The summed E-state index contributed by atoms with van der Waals surface area (Å²) in [5, 5.41) is 14.6. The van der Waals surface area contributed by atoms with Crippen molar-refractivity contribution in [3.8, 4) is 0 Å². The lowest BCUT2D eigenvalue weighted by Crippen LogP contribution is -2.36. The van der Waals surface area contributed by atoms with Crippen LogP contribution in [-0.2, 0) is 6.61 Å². The lowest BCUT2D eigenvalue weighted by atomic mass is 10.2. The standard InChI is InChI=1S/C13H18N2O2/c16-9-10-5-7-12(8-6-10)15-13(17)14-11-3-1-2-4-11/h5-8,11,16H,1-4,9H2,(H2,14,15,17). The van der Waals surface area contributed by atoms with Crippen molar-refractivity contribution in [1.82, 2.24) is 5.32 Å². The quantitative estimate of drug-likeness (QED) is 0.751. The molecule has 0 spiro atoms. The van der Waals surface area contributed by atoms with Crippen molar-refractivity contribution in [3.05, 3.63) is 29.8 Å². The number of anilines is 1. The molecule has 0 aliphatic heterocycles. The number of carbonyl (C=O) groups excluding carboxylic acids is 1. The van der Waals surface area contributed by atoms with Crippen LogP contribution < -0.4 is 10.6 Å². The molecule has 1 saturated carbocycles. The van der Waals surface area contributed by atoms with Crippen molar-refractivity contribution in [2.24, 2.45) is 0 Å². The molecule has 3 N–H and O–H groups in total. The van der Waals surface area contributed by atoms with Gasteiger partial charge in [0.05, 0.1) is 6.61 Å². The van der Waals surface area contributed by atoms with Crippen LogP contribution in [0.5, 0.6) is 0 Å². The molecular formula is C13H18N2O2. The van der Waals surface area contributed by atoms with Gasteiger partial charge in [-0.15, -0.1) is 0 Å². The van der Waals surface area contributed by atoms with E-state index in [0.717, 1.165) is 24.1 Å². The minimum atomic E-state index is -0.145. The Morgan fingerprint density at radius 1 is 1.24 bits per heavy atom. The van der Waals surface area contributed by atoms with Crippen LogP contribution in [0, 0.1) is 0 Å². The average molecular weight is 234 g/mol. The molecule has 1 aliphatic carbocycles. The summed E-state index contributed by atoms with van der Waals surface area (Å²) in [5.41, 5.74) is 1.59. The fourth-order valence-electron chi connectivity index (χ4n) is 2.12. The molecule has 1 aromatic rings. The van der Waals surface area contributed by atoms with E-state index in [0.29, 0.717) is 6.04 Å². The summed E-state index contributed by atoms with van der Waals surface area (Å²) >= 11 is 0. The average Bonchev–Trinajstić information content (AvgIpc) is 2.82. The van der Waals surface area contributed by atoms with Crippen molar-refractivity contribution in [1.29, 1.82) is 0 Å². The van der Waals surface area contributed by atoms with E-state index in [9.17, 15) is 4.79 Å². The minimum Gasteiger partial charge on any atom is -0.392 e. The van der Waals surface area contributed by atoms with E-state index in [4.69, 9.17) is 5.11 Å². The third-order valence-corrected chi connectivity index (χ3v) is 3.08. The second-order valence-electron chi connectivity index (χ2n) is 4.43. The summed E-state index contributed by atoms with van der Waals surface area (Å²) in [6, 6.07) is 7.36. The molecule has 0 heterocycles. The van der Waals surface area contributed by atoms with Crippen molar-refractivity contribution in [3.63, 3.8) is 0 Å². The van der Waals surface area contributed by atoms with Crippen LogP contribution in [0.25, 0.3) is 0 Å². The van der Waals surface area contributed by atoms with E-state index in [-0.39, 0.29) is 12.6 Å². The predicted octanol–water partition coefficient (Wildman–Crippen LogP) is 2.24. The molecule has 0 radical (unpaired) electrons. The number of hydrogen-bond donors (Lipinski definition) is 3. The Balaban J connectivity index is 1.84. The van der Waals surface area contributed by atoms with Crippen molar-refractivity contribution >= 4 is 11.7 Å². The van der Waals surface area contributed by atoms with Crippen LogP contribution in [0.1, 0.15) is 31.2 Å². The number of aliphatic hydroxyl groups is 1. The summed E-state index contributed by atoms with van der Waals surface area (Å²) in [4.78, 5) is 11.7. The zero-order chi connectivity index (χ0) is 12.1. The van der Waals surface area contributed by atoms with Gasteiger partial charge in [0.25, 0.3) is 0 Å². The van der Waals surface area contributed by atoms with E-state index in [1.807, 2.05) is 0 Å². The van der Waals surface area contributed by atoms with Crippen LogP contribution in [0.3, 0.4) is 0 Å². The Labute approximate surface area is 101 Å². The van der Waals surface area contributed by atoms with E-state index in [1.165, 1.54) is 12.8 Å². The van der Waals surface area contributed by atoms with Gasteiger partial charge in [0, 0.05) is 11.7 Å². The zero-order valence-electron chi connectivity index (χ0n) is 9.78. The number of urea groups is 1. The third kappa shape index (κ3) is 3.46. The topological polar surface area (TPSA) is 61.4 Å². The van der Waals surface area contributed by atoms with Gasteiger partial charge >= 0.3 is 6.03 Å². The van der Waals surface area contributed by atoms with Crippen molar-refractivity contribution in [2.75, 3.05) is 5.32 Å². The lowest BCUT2D eigenvalue weighted by Gasteiger charge is -2.13. The number of aliphatic hydroxyl groups excluding tert-OH is 1. The SMILES string of the molecule is O=C(Nc1ccc(CO)cc1)NC1CCCC1. The second kappa shape index (κ2) is 5.68. The molecule has 1 aliphatic rings. The predicted molar refractivity (Wildman–Crippen MR) is 66.8 cm³/mol. The summed E-state index contributed by atoms with van der Waals surface area (Å²) in [6.45, 7) is 0.0224. The van der Waals surface area contributed by atoms with Gasteiger partial charge in [-0.2, -0.15) is 0 Å². The van der Waals surface area contributed by atoms with Gasteiger partial charge in [0.15, 0.2) is 0 Å². The van der Waals surface area contributed by atoms with E-state index < -0.39 is 0 Å². The van der Waals surface area contributed by atoms with Crippen LogP contribution in [0.2, 0.25) is 0 Å². The Bertz CT molecular complexity index is 370. The Morgan fingerprint density at radius 3 is 2.47 bits per heavy atom. The molecule has 0 aromatic heterocycles. The molecule has 0 atom stereocenters. The smallest absolute Gasteiger partial charge is 0.319 e. The number of rotatable bonds is 3. The summed E-state index contributed by atoms with van der Waals surface area (Å²) in [6.07, 6.45) is 4.57. The number of benzene rings is 1. The molecule has 0 bridgehead atoms. The molecule has 4 nitrogen and oxygen atoms in total. The molecule has 92 valence electrons. The molecule has 17 heavy (non-hydrogen) atoms. The monoisotopic (exact) mass is 234 g/mol. The van der Waals surface area contributed by atoms with Crippen LogP contribution >= 0.6 is 0 Å². The Morgan fingerprint density at radius 2 is 1.88 bits per heavy atom. The highest BCUT2D eigenvalue weighted by Crippen LogP contribution is 2.17. The lowest BCUT2D eigenvalue weighted by molar-refractivity contribution is 0.248. The van der Waals surface area contributed by atoms with Crippen LogP contribution in [0.15, 0.2) is 24.3 Å². The highest BCUT2D eigenvalue weighted by atomic mass is 16.3. The maximum Gasteiger partial charge on any atom is 0.319 e. The molecule has 1 aromatic carbocycles. The van der Waals surface area contributed by atoms with Gasteiger partial charge in [-0.25, -0.2) is 4.79 Å². The molecule has 4 heteroatoms. The van der Waals surface area contributed by atoms with Crippen LogP contribution in [-0.4, -0.2) is 17.2 Å². The number of hydrogen-bond acceptors (Lipinski definition) is 2. The highest BCUT2D eigenvalue weighted by Gasteiger charge is 2.16. The highest BCUT2D eigenvalue weighted by molar-refractivity contribution is 5.89. The molecule has 0 saturated heterocycles. The molecule has 1 fully saturated rings. The summed E-state index contributed by atoms with van der Waals surface area (Å²) < 4.78 is 0. The molecule has 2 amide bonds. The summed E-state index contributed by atoms with van der Waals surface area (Å²) in [7, 11) is 0. The first-order valence-corrected chi connectivity index (χ1v) is 6.05.